The molecule has 0 saturated carbocycles. The molecule has 3 rings (SSSR count). The number of aromatic nitrogens is 5. The molecule has 2 heterocycles. The maximum Gasteiger partial charge on any atom is 0.267 e. The molecule has 11 nitrogen and oxygen atoms in total. The van der Waals surface area contributed by atoms with Crippen LogP contribution in [0.15, 0.2) is 35.5 Å². The van der Waals surface area contributed by atoms with Crippen molar-refractivity contribution in [1.29, 1.82) is 0 Å². The van der Waals surface area contributed by atoms with Crippen molar-refractivity contribution in [2.24, 2.45) is 5.73 Å². The molecule has 13 heteroatoms. The minimum Gasteiger partial charge on any atom is -0.364 e. The van der Waals surface area contributed by atoms with Crippen LogP contribution in [0.5, 0.6) is 0 Å². The van der Waals surface area contributed by atoms with Crippen LogP contribution in [0.25, 0.3) is 5.82 Å². The van der Waals surface area contributed by atoms with Crippen LogP contribution in [0.4, 0.5) is 0 Å². The fourth-order valence-corrected chi connectivity index (χ4v) is 3.71. The van der Waals surface area contributed by atoms with Gasteiger partial charge < -0.3 is 11.1 Å². The number of nitrogens with two attached hydrogens (primary N) is 1. The van der Waals surface area contributed by atoms with Gasteiger partial charge in [-0.3, -0.25) is 9.59 Å². The minimum absolute atomic E-state index is 0.00646. The van der Waals surface area contributed by atoms with Gasteiger partial charge in [0.25, 0.3) is 11.8 Å². The molecule has 0 fully saturated rings. The molecule has 0 saturated heterocycles. The van der Waals surface area contributed by atoms with E-state index in [2.05, 4.69) is 25.4 Å². The number of hydrogen-bond acceptors (Lipinski definition) is 8. The van der Waals surface area contributed by atoms with Crippen LogP contribution in [0.2, 0.25) is 5.02 Å². The zero-order chi connectivity index (χ0) is 22.9. The second-order valence-corrected chi connectivity index (χ2v) is 9.15. The van der Waals surface area contributed by atoms with E-state index >= 15 is 0 Å². The Labute approximate surface area is 182 Å². The van der Waals surface area contributed by atoms with Crippen LogP contribution in [-0.2, 0) is 9.84 Å². The Morgan fingerprint density at radius 2 is 1.90 bits per heavy atom. The Bertz CT molecular complexity index is 1290. The third-order valence-electron chi connectivity index (χ3n) is 4.16. The van der Waals surface area contributed by atoms with E-state index in [1.165, 1.54) is 28.9 Å². The lowest BCUT2D eigenvalue weighted by Crippen LogP contribution is -2.29. The number of aryl methyl sites for hydroxylation is 1. The van der Waals surface area contributed by atoms with E-state index in [1.807, 2.05) is 0 Å². The smallest absolute Gasteiger partial charge is 0.267 e. The lowest BCUT2D eigenvalue weighted by molar-refractivity contribution is 0.0936. The first-order valence-corrected chi connectivity index (χ1v) is 11.1. The van der Waals surface area contributed by atoms with E-state index in [0.717, 1.165) is 12.6 Å². The SMILES string of the molecule is Cc1nc([C@H](C)NC(=O)c2cc(Cl)cc(S(C)(=O)=O)c2)n(-c2cc(C(N)=O)ncn2)n1. The Kier molecular flexibility index (Phi) is 6.04. The highest BCUT2D eigenvalue weighted by molar-refractivity contribution is 7.90. The zero-order valence-electron chi connectivity index (χ0n) is 16.7. The normalized spacial score (nSPS) is 12.4. The monoisotopic (exact) mass is 463 g/mol. The first-order chi connectivity index (χ1) is 14.5. The predicted octanol–water partition coefficient (Wildman–Crippen LogP) is 1.01. The number of rotatable bonds is 6. The van der Waals surface area contributed by atoms with Crippen molar-refractivity contribution < 1.29 is 18.0 Å². The topological polar surface area (TPSA) is 163 Å². The van der Waals surface area contributed by atoms with Gasteiger partial charge in [0, 0.05) is 22.9 Å². The average Bonchev–Trinajstić information content (AvgIpc) is 3.09. The number of nitrogens with zero attached hydrogens (tertiary/aromatic N) is 5. The maximum atomic E-state index is 12.7. The standard InChI is InChI=1S/C18H18ClN7O4S/c1-9(23-18(28)11-4-12(19)6-13(5-11)31(3,29)30)17-24-10(2)25-26(17)15-7-14(16(20)27)21-8-22-15/h4-9H,1-3H3,(H2,20,27)(H,23,28)/t9-/m0/s1. The zero-order valence-corrected chi connectivity index (χ0v) is 18.3. The fraction of sp³-hybridized carbons (Fsp3) is 0.222. The fourth-order valence-electron chi connectivity index (χ4n) is 2.73. The van der Waals surface area contributed by atoms with Crippen molar-refractivity contribution in [3.63, 3.8) is 0 Å². The number of benzene rings is 1. The minimum atomic E-state index is -3.56. The molecule has 0 bridgehead atoms. The van der Waals surface area contributed by atoms with Gasteiger partial charge >= 0.3 is 0 Å². The molecule has 1 aromatic carbocycles. The Morgan fingerprint density at radius 3 is 2.55 bits per heavy atom. The molecule has 0 unspecified atom stereocenters. The number of amides is 2. The van der Waals surface area contributed by atoms with Crippen LogP contribution in [0.3, 0.4) is 0 Å². The summed E-state index contributed by atoms with van der Waals surface area (Å²) in [6.45, 7) is 3.32. The van der Waals surface area contributed by atoms with Gasteiger partial charge in [0.2, 0.25) is 0 Å². The molecule has 1 atom stereocenters. The van der Waals surface area contributed by atoms with Crippen molar-refractivity contribution in [3.8, 4) is 5.82 Å². The summed E-state index contributed by atoms with van der Waals surface area (Å²) in [5, 5.41) is 7.09. The van der Waals surface area contributed by atoms with Crippen LogP contribution in [0.1, 0.15) is 45.5 Å². The third-order valence-corrected chi connectivity index (χ3v) is 5.47. The van der Waals surface area contributed by atoms with E-state index in [4.69, 9.17) is 17.3 Å². The molecule has 0 aliphatic heterocycles. The number of carbonyl (C=O) groups is 2. The van der Waals surface area contributed by atoms with Crippen LogP contribution < -0.4 is 11.1 Å². The Morgan fingerprint density at radius 1 is 1.19 bits per heavy atom. The lowest BCUT2D eigenvalue weighted by atomic mass is 10.2. The van der Waals surface area contributed by atoms with Crippen LogP contribution in [0, 0.1) is 6.92 Å². The van der Waals surface area contributed by atoms with Crippen molar-refractivity contribution in [2.75, 3.05) is 6.26 Å². The molecule has 162 valence electrons. The number of halogens is 1. The Balaban J connectivity index is 1.93. The van der Waals surface area contributed by atoms with E-state index < -0.39 is 27.7 Å². The number of sulfone groups is 1. The molecule has 0 aliphatic carbocycles. The van der Waals surface area contributed by atoms with Crippen LogP contribution >= 0.6 is 11.6 Å². The number of primary amides is 1. The second kappa shape index (κ2) is 8.40. The van der Waals surface area contributed by atoms with Gasteiger partial charge in [0.1, 0.15) is 17.8 Å². The summed E-state index contributed by atoms with van der Waals surface area (Å²) in [6, 6.07) is 4.55. The summed E-state index contributed by atoms with van der Waals surface area (Å²) in [4.78, 5) is 36.3. The lowest BCUT2D eigenvalue weighted by Gasteiger charge is -2.15. The molecule has 0 aliphatic rings. The highest BCUT2D eigenvalue weighted by Crippen LogP contribution is 2.21. The van der Waals surface area contributed by atoms with Crippen molar-refractivity contribution >= 4 is 33.3 Å². The van der Waals surface area contributed by atoms with Gasteiger partial charge in [0.15, 0.2) is 21.5 Å². The van der Waals surface area contributed by atoms with E-state index in [-0.39, 0.29) is 27.0 Å². The van der Waals surface area contributed by atoms with Crippen LogP contribution in [-0.4, -0.2) is 51.2 Å². The van der Waals surface area contributed by atoms with Gasteiger partial charge in [0.05, 0.1) is 10.9 Å². The molecular formula is C18H18ClN7O4S. The number of hydrogen-bond donors (Lipinski definition) is 2. The molecular weight excluding hydrogens is 446 g/mol. The molecule has 2 amide bonds. The van der Waals surface area contributed by atoms with Crippen molar-refractivity contribution in [3.05, 3.63) is 58.5 Å². The summed E-state index contributed by atoms with van der Waals surface area (Å²) in [7, 11) is -3.56. The maximum absolute atomic E-state index is 12.7. The number of carbonyl (C=O) groups excluding carboxylic acids is 2. The van der Waals surface area contributed by atoms with E-state index in [0.29, 0.717) is 11.6 Å². The summed E-state index contributed by atoms with van der Waals surface area (Å²) in [5.74, 6) is -0.330. The third kappa shape index (κ3) is 5.03. The molecule has 0 radical (unpaired) electrons. The molecule has 3 aromatic rings. The van der Waals surface area contributed by atoms with Gasteiger partial charge in [-0.15, -0.1) is 5.10 Å². The average molecular weight is 464 g/mol. The van der Waals surface area contributed by atoms with E-state index in [1.54, 1.807) is 13.8 Å². The molecule has 31 heavy (non-hydrogen) atoms. The summed E-state index contributed by atoms with van der Waals surface area (Å²) >= 11 is 5.98. The predicted molar refractivity (Wildman–Crippen MR) is 111 cm³/mol. The van der Waals surface area contributed by atoms with Gasteiger partial charge in [-0.25, -0.2) is 23.4 Å². The quantitative estimate of drug-likeness (QED) is 0.546. The van der Waals surface area contributed by atoms with Crippen molar-refractivity contribution in [2.45, 2.75) is 24.8 Å². The second-order valence-electron chi connectivity index (χ2n) is 6.70. The molecule has 0 spiro atoms. The van der Waals surface area contributed by atoms with Gasteiger partial charge in [-0.2, -0.15) is 4.68 Å². The summed E-state index contributed by atoms with van der Waals surface area (Å²) in [5.41, 5.74) is 5.33. The molecule has 3 N–H and O–H groups in total. The largest absolute Gasteiger partial charge is 0.364 e. The highest BCUT2D eigenvalue weighted by atomic mass is 35.5. The summed E-state index contributed by atoms with van der Waals surface area (Å²) < 4.78 is 25.0. The van der Waals surface area contributed by atoms with Crippen molar-refractivity contribution in [1.82, 2.24) is 30.0 Å². The van der Waals surface area contributed by atoms with Gasteiger partial charge in [-0.1, -0.05) is 11.6 Å². The van der Waals surface area contributed by atoms with E-state index in [9.17, 15) is 18.0 Å². The first kappa shape index (κ1) is 22.3. The number of nitrogens with one attached hydrogen (secondary N) is 1. The highest BCUT2D eigenvalue weighted by Gasteiger charge is 2.21. The summed E-state index contributed by atoms with van der Waals surface area (Å²) in [6.07, 6.45) is 2.19. The van der Waals surface area contributed by atoms with Gasteiger partial charge in [-0.05, 0) is 32.0 Å². The first-order valence-electron chi connectivity index (χ1n) is 8.83. The Hall–Kier alpha value is -3.38. The molecule has 2 aromatic heterocycles.